The second kappa shape index (κ2) is 9.39. The molecule has 1 atom stereocenters. The van der Waals surface area contributed by atoms with Crippen molar-refractivity contribution in [1.29, 1.82) is 0 Å². The number of fused-ring (bicyclic) bond motifs is 1. The van der Waals surface area contributed by atoms with Crippen LogP contribution in [0.1, 0.15) is 24.8 Å². The summed E-state index contributed by atoms with van der Waals surface area (Å²) in [5.74, 6) is -0.989. The number of H-pyrrole nitrogens is 1. The Labute approximate surface area is 212 Å². The van der Waals surface area contributed by atoms with Gasteiger partial charge in [0.2, 0.25) is 0 Å². The van der Waals surface area contributed by atoms with Gasteiger partial charge >= 0.3 is 5.97 Å². The molecule has 1 unspecified atom stereocenters. The van der Waals surface area contributed by atoms with Crippen LogP contribution in [0.2, 0.25) is 0 Å². The molecule has 0 radical (unpaired) electrons. The Morgan fingerprint density at radius 1 is 1.08 bits per heavy atom. The Morgan fingerprint density at radius 2 is 1.86 bits per heavy atom. The van der Waals surface area contributed by atoms with Crippen molar-refractivity contribution in [2.45, 2.75) is 25.4 Å². The lowest BCUT2D eigenvalue weighted by Crippen LogP contribution is -2.36. The molecule has 0 spiro atoms. The number of aromatic amines is 1. The van der Waals surface area contributed by atoms with Gasteiger partial charge < -0.3 is 15.0 Å². The summed E-state index contributed by atoms with van der Waals surface area (Å²) in [5, 5.41) is 11.5. The van der Waals surface area contributed by atoms with Crippen LogP contribution in [0.25, 0.3) is 38.2 Å². The number of nitrogens with one attached hydrogen (secondary N) is 1. The number of alkyl halides is 1. The van der Waals surface area contributed by atoms with Crippen LogP contribution in [0.15, 0.2) is 73.0 Å². The van der Waals surface area contributed by atoms with Gasteiger partial charge in [-0.2, -0.15) is 0 Å². The average Bonchev–Trinajstić information content (AvgIpc) is 3.57. The third-order valence-corrected chi connectivity index (χ3v) is 8.26. The van der Waals surface area contributed by atoms with Gasteiger partial charge in [-0.1, -0.05) is 59.9 Å². The molecule has 0 amide bonds. The van der Waals surface area contributed by atoms with Crippen LogP contribution in [-0.2, 0) is 4.79 Å². The highest BCUT2D eigenvalue weighted by Gasteiger charge is 2.27. The maximum Gasteiger partial charge on any atom is 0.306 e. The predicted molar refractivity (Wildman–Crippen MR) is 144 cm³/mol. The zero-order valence-electron chi connectivity index (χ0n) is 19.7. The number of thiazole rings is 1. The van der Waals surface area contributed by atoms with E-state index in [1.807, 2.05) is 18.3 Å². The highest BCUT2D eigenvalue weighted by atomic mass is 32.1. The molecule has 4 aromatic rings. The number of carboxylic acids is 1. The summed E-state index contributed by atoms with van der Waals surface area (Å²) < 4.78 is 13.5. The van der Waals surface area contributed by atoms with E-state index in [-0.39, 0.29) is 5.92 Å². The smallest absolute Gasteiger partial charge is 0.306 e. The average molecular weight is 500 g/mol. The van der Waals surface area contributed by atoms with Gasteiger partial charge in [0.05, 0.1) is 16.5 Å². The first-order chi connectivity index (χ1) is 17.6. The van der Waals surface area contributed by atoms with Gasteiger partial charge in [0.1, 0.15) is 6.17 Å². The summed E-state index contributed by atoms with van der Waals surface area (Å²) in [7, 11) is 0. The van der Waals surface area contributed by atoms with Crippen molar-refractivity contribution in [3.63, 3.8) is 0 Å². The van der Waals surface area contributed by atoms with Crippen LogP contribution in [0.4, 0.5) is 9.52 Å². The number of benzene rings is 2. The fourth-order valence-corrected chi connectivity index (χ4v) is 6.23. The first-order valence-corrected chi connectivity index (χ1v) is 13.1. The van der Waals surface area contributed by atoms with E-state index >= 15 is 0 Å². The lowest BCUT2D eigenvalue weighted by molar-refractivity contribution is -0.142. The van der Waals surface area contributed by atoms with Crippen molar-refractivity contribution in [1.82, 2.24) is 9.97 Å². The molecular weight excluding hydrogens is 473 g/mol. The molecule has 3 heterocycles. The minimum atomic E-state index is -0.902. The number of carbonyl (C=O) groups is 1. The summed E-state index contributed by atoms with van der Waals surface area (Å²) >= 11 is 1.66. The lowest BCUT2D eigenvalue weighted by Gasteiger charge is -2.29. The third-order valence-electron chi connectivity index (χ3n) is 7.11. The molecule has 2 N–H and O–H groups in total. The molecular formula is C29H26FN3O2S. The lowest BCUT2D eigenvalue weighted by atomic mass is 9.97. The summed E-state index contributed by atoms with van der Waals surface area (Å²) in [6, 6.07) is 16.7. The van der Waals surface area contributed by atoms with E-state index in [0.29, 0.717) is 32.4 Å². The van der Waals surface area contributed by atoms with Gasteiger partial charge in [0, 0.05) is 47.7 Å². The standard InChI is InChI=1S/C29H26FN3O2S/c30-22-10-8-19(9-11-22)18-4-6-20(7-5-18)26-27(24-2-1-3-25-23(24)12-15-31-25)36-29(32-26)33-16-13-21(14-17-33)28(34)35/h1-10,12,15,21-22,31H,11,13-14,16-17H2,(H,34,35). The number of rotatable bonds is 5. The molecule has 36 heavy (non-hydrogen) atoms. The molecule has 1 fully saturated rings. The first-order valence-electron chi connectivity index (χ1n) is 12.2. The Morgan fingerprint density at radius 3 is 2.58 bits per heavy atom. The SMILES string of the molecule is O=C(O)C1CCN(c2nc(-c3ccc(C4=CCC(F)C=C4)cc3)c(-c3cccc4[nH]ccc34)s2)CC1. The monoisotopic (exact) mass is 499 g/mol. The van der Waals surface area contributed by atoms with Gasteiger partial charge in [-0.3, -0.25) is 4.79 Å². The van der Waals surface area contributed by atoms with Gasteiger partial charge in [0.15, 0.2) is 5.13 Å². The molecule has 2 aliphatic rings. The molecule has 1 saturated heterocycles. The van der Waals surface area contributed by atoms with E-state index in [2.05, 4.69) is 58.4 Å². The number of carboxylic acid groups (broad SMARTS) is 1. The van der Waals surface area contributed by atoms with Crippen molar-refractivity contribution in [2.24, 2.45) is 5.92 Å². The number of aliphatic carboxylic acids is 1. The Kier molecular flexibility index (Phi) is 5.93. The highest BCUT2D eigenvalue weighted by molar-refractivity contribution is 7.19. The topological polar surface area (TPSA) is 69.2 Å². The van der Waals surface area contributed by atoms with Crippen molar-refractivity contribution in [3.05, 3.63) is 78.5 Å². The van der Waals surface area contributed by atoms with Crippen molar-refractivity contribution in [2.75, 3.05) is 18.0 Å². The Balaban J connectivity index is 1.39. The van der Waals surface area contributed by atoms with E-state index in [0.717, 1.165) is 48.9 Å². The number of aromatic nitrogens is 2. The molecule has 6 rings (SSSR count). The molecule has 2 aromatic heterocycles. The molecule has 0 saturated carbocycles. The van der Waals surface area contributed by atoms with E-state index in [9.17, 15) is 14.3 Å². The van der Waals surface area contributed by atoms with Crippen molar-refractivity contribution in [3.8, 4) is 21.7 Å². The summed E-state index contributed by atoms with van der Waals surface area (Å²) in [6.07, 6.45) is 8.12. The summed E-state index contributed by atoms with van der Waals surface area (Å²) in [6.45, 7) is 1.37. The number of nitrogens with zero attached hydrogens (tertiary/aromatic N) is 2. The number of allylic oxidation sites excluding steroid dienone is 4. The summed E-state index contributed by atoms with van der Waals surface area (Å²) in [5.41, 5.74) is 6.24. The maximum atomic E-state index is 13.5. The van der Waals surface area contributed by atoms with E-state index in [4.69, 9.17) is 4.98 Å². The van der Waals surface area contributed by atoms with Gasteiger partial charge in [-0.05, 0) is 42.2 Å². The number of hydrogen-bond donors (Lipinski definition) is 2. The Hall–Kier alpha value is -3.71. The highest BCUT2D eigenvalue weighted by Crippen LogP contribution is 2.43. The predicted octanol–water partition coefficient (Wildman–Crippen LogP) is 6.94. The van der Waals surface area contributed by atoms with Crippen molar-refractivity contribution >= 4 is 38.9 Å². The fourth-order valence-electron chi connectivity index (χ4n) is 5.05. The van der Waals surface area contributed by atoms with Gasteiger partial charge in [-0.15, -0.1) is 0 Å². The molecule has 5 nitrogen and oxygen atoms in total. The number of anilines is 1. The fraction of sp³-hybridized carbons (Fsp3) is 0.241. The van der Waals surface area contributed by atoms with Crippen LogP contribution >= 0.6 is 11.3 Å². The minimum Gasteiger partial charge on any atom is -0.481 e. The van der Waals surface area contributed by atoms with Crippen LogP contribution in [0, 0.1) is 5.92 Å². The zero-order valence-corrected chi connectivity index (χ0v) is 20.5. The van der Waals surface area contributed by atoms with E-state index in [1.54, 1.807) is 17.4 Å². The number of halogens is 1. The molecule has 0 bridgehead atoms. The molecule has 182 valence electrons. The normalized spacial score (nSPS) is 18.5. The minimum absolute atomic E-state index is 0.280. The van der Waals surface area contributed by atoms with Crippen LogP contribution in [0.3, 0.4) is 0 Å². The largest absolute Gasteiger partial charge is 0.481 e. The maximum absolute atomic E-state index is 13.5. The summed E-state index contributed by atoms with van der Waals surface area (Å²) in [4.78, 5) is 23.1. The first kappa shape index (κ1) is 22.7. The molecule has 1 aliphatic carbocycles. The second-order valence-electron chi connectivity index (χ2n) is 9.37. The molecule has 2 aromatic carbocycles. The molecule has 1 aliphatic heterocycles. The zero-order chi connectivity index (χ0) is 24.6. The second-order valence-corrected chi connectivity index (χ2v) is 10.3. The van der Waals surface area contributed by atoms with E-state index < -0.39 is 12.1 Å². The van der Waals surface area contributed by atoms with Crippen molar-refractivity contribution < 1.29 is 14.3 Å². The number of hydrogen-bond acceptors (Lipinski definition) is 4. The molecule has 7 heteroatoms. The van der Waals surface area contributed by atoms with Gasteiger partial charge in [-0.25, -0.2) is 9.37 Å². The quantitative estimate of drug-likeness (QED) is 0.312. The van der Waals surface area contributed by atoms with Crippen LogP contribution in [-0.4, -0.2) is 40.3 Å². The number of piperidine rings is 1. The van der Waals surface area contributed by atoms with E-state index in [1.165, 1.54) is 0 Å². The van der Waals surface area contributed by atoms with Crippen LogP contribution < -0.4 is 4.90 Å². The Bertz CT molecular complexity index is 1480. The third kappa shape index (κ3) is 4.24. The van der Waals surface area contributed by atoms with Gasteiger partial charge in [0.25, 0.3) is 0 Å². The van der Waals surface area contributed by atoms with Crippen LogP contribution in [0.5, 0.6) is 0 Å².